The highest BCUT2D eigenvalue weighted by molar-refractivity contribution is 5.50. The lowest BCUT2D eigenvalue weighted by Crippen LogP contribution is -2.08. The van der Waals surface area contributed by atoms with Crippen molar-refractivity contribution in [3.63, 3.8) is 0 Å². The van der Waals surface area contributed by atoms with E-state index in [9.17, 15) is 9.50 Å². The van der Waals surface area contributed by atoms with Crippen LogP contribution in [-0.2, 0) is 0 Å². The van der Waals surface area contributed by atoms with Crippen molar-refractivity contribution >= 4 is 0 Å². The van der Waals surface area contributed by atoms with Gasteiger partial charge in [0.2, 0.25) is 0 Å². The first-order valence-electron chi connectivity index (χ1n) is 6.02. The molecule has 90 valence electrons. The van der Waals surface area contributed by atoms with Gasteiger partial charge in [0.25, 0.3) is 0 Å². The van der Waals surface area contributed by atoms with E-state index in [4.69, 9.17) is 5.26 Å². The zero-order chi connectivity index (χ0) is 12.4. The molecule has 2 aliphatic carbocycles. The fourth-order valence-corrected chi connectivity index (χ4v) is 2.46. The lowest BCUT2D eigenvalue weighted by Gasteiger charge is -2.23. The van der Waals surface area contributed by atoms with Crippen LogP contribution in [0.3, 0.4) is 0 Å². The molecule has 0 aromatic carbocycles. The van der Waals surface area contributed by atoms with Gasteiger partial charge in [0, 0.05) is 6.42 Å². The van der Waals surface area contributed by atoms with E-state index < -0.39 is 5.83 Å². The van der Waals surface area contributed by atoms with Crippen LogP contribution in [0.4, 0.5) is 4.39 Å². The fraction of sp³-hybridized carbons (Fsp3) is 0.500. The number of nitrogens with zero attached hydrogens (tertiary/aromatic N) is 1. The van der Waals surface area contributed by atoms with E-state index in [2.05, 4.69) is 6.92 Å². The third-order valence-electron chi connectivity index (χ3n) is 3.63. The van der Waals surface area contributed by atoms with Gasteiger partial charge in [0.15, 0.2) is 0 Å². The van der Waals surface area contributed by atoms with E-state index in [0.29, 0.717) is 6.42 Å². The van der Waals surface area contributed by atoms with Gasteiger partial charge in [-0.2, -0.15) is 5.26 Å². The van der Waals surface area contributed by atoms with Crippen LogP contribution in [0.25, 0.3) is 0 Å². The molecule has 0 bridgehead atoms. The van der Waals surface area contributed by atoms with Crippen LogP contribution in [-0.4, -0.2) is 5.11 Å². The number of aliphatic hydroxyl groups is 1. The average Bonchev–Trinajstić information content (AvgIpc) is 2.29. The van der Waals surface area contributed by atoms with Gasteiger partial charge in [-0.25, -0.2) is 4.39 Å². The van der Waals surface area contributed by atoms with E-state index in [-0.39, 0.29) is 11.3 Å². The average molecular weight is 233 g/mol. The Balaban J connectivity index is 2.25. The molecule has 0 aromatic rings. The van der Waals surface area contributed by atoms with Gasteiger partial charge in [-0.3, -0.25) is 0 Å². The Morgan fingerprint density at radius 1 is 1.41 bits per heavy atom. The van der Waals surface area contributed by atoms with Gasteiger partial charge < -0.3 is 5.11 Å². The van der Waals surface area contributed by atoms with E-state index in [0.717, 1.165) is 37.2 Å². The van der Waals surface area contributed by atoms with Crippen molar-refractivity contribution in [2.24, 2.45) is 5.92 Å². The van der Waals surface area contributed by atoms with Gasteiger partial charge in [-0.1, -0.05) is 12.5 Å². The van der Waals surface area contributed by atoms with Crippen molar-refractivity contribution in [1.82, 2.24) is 0 Å². The third kappa shape index (κ3) is 2.41. The fourth-order valence-electron chi connectivity index (χ4n) is 2.46. The molecule has 0 aliphatic heterocycles. The summed E-state index contributed by atoms with van der Waals surface area (Å²) in [5.74, 6) is 0.00145. The summed E-state index contributed by atoms with van der Waals surface area (Å²) in [5, 5.41) is 18.3. The Bertz CT molecular complexity index is 455. The summed E-state index contributed by atoms with van der Waals surface area (Å²) in [5.41, 5.74) is 1.89. The molecule has 17 heavy (non-hydrogen) atoms. The summed E-state index contributed by atoms with van der Waals surface area (Å²) in [4.78, 5) is 0. The van der Waals surface area contributed by atoms with Crippen molar-refractivity contribution in [2.45, 2.75) is 39.0 Å². The molecule has 0 unspecified atom stereocenters. The molecule has 3 heteroatoms. The summed E-state index contributed by atoms with van der Waals surface area (Å²) in [6.45, 7) is 2.23. The topological polar surface area (TPSA) is 44.0 Å². The summed E-state index contributed by atoms with van der Waals surface area (Å²) in [6.07, 6.45) is 5.95. The zero-order valence-electron chi connectivity index (χ0n) is 9.96. The monoisotopic (exact) mass is 233 g/mol. The number of aliphatic hydroxyl groups excluding tert-OH is 1. The maximum absolute atomic E-state index is 13.6. The number of allylic oxidation sites excluding steroid dienone is 5. The van der Waals surface area contributed by atoms with Crippen LogP contribution in [0.5, 0.6) is 0 Å². The lowest BCUT2D eigenvalue weighted by molar-refractivity contribution is 0.386. The van der Waals surface area contributed by atoms with E-state index in [1.807, 2.05) is 0 Å². The van der Waals surface area contributed by atoms with Gasteiger partial charge in [-0.05, 0) is 43.3 Å². The van der Waals surface area contributed by atoms with Crippen molar-refractivity contribution in [3.8, 4) is 6.07 Å². The first-order valence-corrected chi connectivity index (χ1v) is 6.02. The Hall–Kier alpha value is -1.56. The molecule has 1 saturated carbocycles. The van der Waals surface area contributed by atoms with Crippen LogP contribution in [0.2, 0.25) is 0 Å². The molecule has 0 atom stereocenters. The molecule has 0 aromatic heterocycles. The second-order valence-electron chi connectivity index (χ2n) is 4.91. The highest BCUT2D eigenvalue weighted by atomic mass is 19.1. The minimum atomic E-state index is -0.600. The molecule has 0 radical (unpaired) electrons. The van der Waals surface area contributed by atoms with Crippen molar-refractivity contribution < 1.29 is 9.50 Å². The Morgan fingerprint density at radius 2 is 2.06 bits per heavy atom. The van der Waals surface area contributed by atoms with Crippen LogP contribution in [0.15, 0.2) is 34.4 Å². The van der Waals surface area contributed by atoms with Crippen molar-refractivity contribution in [2.75, 3.05) is 0 Å². The number of hydrogen-bond donors (Lipinski definition) is 1. The Labute approximate surface area is 101 Å². The second-order valence-corrected chi connectivity index (χ2v) is 4.91. The molecule has 0 amide bonds. The van der Waals surface area contributed by atoms with Gasteiger partial charge in [0.05, 0.1) is 0 Å². The minimum absolute atomic E-state index is 0.131. The highest BCUT2D eigenvalue weighted by Crippen LogP contribution is 2.36. The summed E-state index contributed by atoms with van der Waals surface area (Å²) in [6, 6.07) is 1.70. The Morgan fingerprint density at radius 3 is 2.59 bits per heavy atom. The minimum Gasteiger partial charge on any atom is -0.510 e. The quantitative estimate of drug-likeness (QED) is 0.685. The number of rotatable bonds is 0. The molecular weight excluding hydrogens is 217 g/mol. The van der Waals surface area contributed by atoms with Crippen LogP contribution in [0.1, 0.15) is 39.0 Å². The van der Waals surface area contributed by atoms with Crippen molar-refractivity contribution in [3.05, 3.63) is 34.4 Å². The lowest BCUT2D eigenvalue weighted by atomic mass is 9.82. The third-order valence-corrected chi connectivity index (χ3v) is 3.63. The molecule has 0 saturated heterocycles. The van der Waals surface area contributed by atoms with Crippen LogP contribution < -0.4 is 0 Å². The number of hydrogen-bond acceptors (Lipinski definition) is 2. The summed E-state index contributed by atoms with van der Waals surface area (Å²) >= 11 is 0. The zero-order valence-corrected chi connectivity index (χ0v) is 9.96. The standard InChI is InChI=1S/C14H16FNO/c1-9-2-4-10(5-3-9)11-6-13(15)12(8-16)14(17)7-11/h6,9,17H,2-5,7H2,1H3. The molecule has 2 nitrogen and oxygen atoms in total. The molecule has 1 N–H and O–H groups in total. The molecule has 0 spiro atoms. The van der Waals surface area contributed by atoms with Crippen LogP contribution in [0, 0.1) is 17.2 Å². The molecule has 1 fully saturated rings. The number of nitriles is 1. The number of halogens is 1. The van der Waals surface area contributed by atoms with E-state index in [1.165, 1.54) is 11.6 Å². The van der Waals surface area contributed by atoms with Crippen molar-refractivity contribution in [1.29, 1.82) is 5.26 Å². The normalized spacial score (nSPS) is 25.7. The first kappa shape index (κ1) is 11.9. The van der Waals surface area contributed by atoms with Crippen LogP contribution >= 0.6 is 0 Å². The molecular formula is C14H16FNO. The molecule has 2 aliphatic rings. The smallest absolute Gasteiger partial charge is 0.144 e. The first-order chi connectivity index (χ1) is 8.11. The maximum Gasteiger partial charge on any atom is 0.144 e. The molecule has 2 rings (SSSR count). The Kier molecular flexibility index (Phi) is 3.33. The molecule has 0 heterocycles. The van der Waals surface area contributed by atoms with Gasteiger partial charge in [-0.15, -0.1) is 0 Å². The summed E-state index contributed by atoms with van der Waals surface area (Å²) in [7, 11) is 0. The van der Waals surface area contributed by atoms with E-state index >= 15 is 0 Å². The van der Waals surface area contributed by atoms with Gasteiger partial charge >= 0.3 is 0 Å². The maximum atomic E-state index is 13.6. The predicted octanol–water partition coefficient (Wildman–Crippen LogP) is 4.09. The largest absolute Gasteiger partial charge is 0.510 e. The predicted molar refractivity (Wildman–Crippen MR) is 63.7 cm³/mol. The van der Waals surface area contributed by atoms with Gasteiger partial charge in [0.1, 0.15) is 23.2 Å². The highest BCUT2D eigenvalue weighted by Gasteiger charge is 2.22. The second kappa shape index (κ2) is 4.75. The SMILES string of the molecule is CC1CCC(=C2C=C(F)C(C#N)=C(O)C2)CC1. The summed E-state index contributed by atoms with van der Waals surface area (Å²) < 4.78 is 13.6. The van der Waals surface area contributed by atoms with E-state index in [1.54, 1.807) is 6.07 Å².